The van der Waals surface area contributed by atoms with Crippen LogP contribution in [0.15, 0.2) is 0 Å². The molecule has 1 heterocycles. The second kappa shape index (κ2) is 5.38. The third kappa shape index (κ3) is 2.49. The second-order valence-corrected chi connectivity index (χ2v) is 5.59. The molecule has 1 saturated carbocycles. The molecule has 1 aliphatic carbocycles. The number of nitrogens with one attached hydrogen (secondary N) is 1. The van der Waals surface area contributed by atoms with Crippen LogP contribution in [0.5, 0.6) is 0 Å². The van der Waals surface area contributed by atoms with Crippen molar-refractivity contribution < 1.29 is 9.53 Å². The second-order valence-electron chi connectivity index (χ2n) is 5.59. The molecule has 98 valence electrons. The van der Waals surface area contributed by atoms with Gasteiger partial charge >= 0.3 is 0 Å². The van der Waals surface area contributed by atoms with E-state index < -0.39 is 0 Å². The smallest absolute Gasteiger partial charge is 0.223 e. The molecular formula is C14H25NO2. The van der Waals surface area contributed by atoms with E-state index in [0.717, 1.165) is 45.3 Å². The summed E-state index contributed by atoms with van der Waals surface area (Å²) in [6.45, 7) is 5.94. The third-order valence-corrected chi connectivity index (χ3v) is 4.83. The Morgan fingerprint density at radius 2 is 1.94 bits per heavy atom. The molecule has 1 saturated heterocycles. The number of hydrogen-bond donors (Lipinski definition) is 1. The molecule has 1 aliphatic heterocycles. The van der Waals surface area contributed by atoms with Gasteiger partial charge in [0.05, 0.1) is 0 Å². The maximum atomic E-state index is 12.1. The number of amides is 1. The fourth-order valence-corrected chi connectivity index (χ4v) is 3.25. The Labute approximate surface area is 104 Å². The first kappa shape index (κ1) is 12.9. The molecule has 0 aromatic rings. The Hall–Kier alpha value is -0.570. The van der Waals surface area contributed by atoms with Crippen molar-refractivity contribution in [3.8, 4) is 0 Å². The highest BCUT2D eigenvalue weighted by Gasteiger charge is 2.48. The van der Waals surface area contributed by atoms with Gasteiger partial charge in [0, 0.05) is 25.2 Å². The van der Waals surface area contributed by atoms with Crippen LogP contribution in [0.2, 0.25) is 0 Å². The molecule has 0 bridgehead atoms. The summed E-state index contributed by atoms with van der Waals surface area (Å²) in [6.07, 6.45) is 6.58. The molecule has 1 N–H and O–H groups in total. The average molecular weight is 239 g/mol. The van der Waals surface area contributed by atoms with Gasteiger partial charge in [0.1, 0.15) is 0 Å². The van der Waals surface area contributed by atoms with Crippen LogP contribution in [-0.2, 0) is 9.53 Å². The first-order valence-electron chi connectivity index (χ1n) is 7.10. The Bertz CT molecular complexity index is 267. The molecular weight excluding hydrogens is 214 g/mol. The minimum absolute atomic E-state index is 0.201. The average Bonchev–Trinajstić information content (AvgIpc) is 2.37. The van der Waals surface area contributed by atoms with Crippen LogP contribution in [0, 0.1) is 11.3 Å². The maximum absolute atomic E-state index is 12.1. The fraction of sp³-hybridized carbons (Fsp3) is 0.929. The molecule has 0 aromatic carbocycles. The van der Waals surface area contributed by atoms with Crippen LogP contribution in [-0.4, -0.2) is 25.2 Å². The summed E-state index contributed by atoms with van der Waals surface area (Å²) in [7, 11) is 0. The topological polar surface area (TPSA) is 38.3 Å². The number of rotatable bonds is 4. The fourth-order valence-electron chi connectivity index (χ4n) is 3.25. The number of hydrogen-bond acceptors (Lipinski definition) is 2. The van der Waals surface area contributed by atoms with Crippen molar-refractivity contribution in [2.75, 3.05) is 13.2 Å². The molecule has 1 unspecified atom stereocenters. The molecule has 0 aromatic heterocycles. The number of ether oxygens (including phenoxy) is 1. The zero-order chi connectivity index (χ0) is 12.3. The van der Waals surface area contributed by atoms with E-state index in [-0.39, 0.29) is 11.8 Å². The molecule has 17 heavy (non-hydrogen) atoms. The lowest BCUT2D eigenvalue weighted by atomic mass is 9.60. The van der Waals surface area contributed by atoms with Crippen molar-refractivity contribution in [3.05, 3.63) is 0 Å². The first-order valence-corrected chi connectivity index (χ1v) is 7.10. The highest BCUT2D eigenvalue weighted by molar-refractivity contribution is 5.79. The summed E-state index contributed by atoms with van der Waals surface area (Å²) in [5, 5.41) is 3.28. The van der Waals surface area contributed by atoms with Crippen molar-refractivity contribution in [2.45, 2.75) is 58.4 Å². The lowest BCUT2D eigenvalue weighted by Gasteiger charge is -2.52. The number of carbonyl (C=O) groups excluding carboxylic acids is 1. The van der Waals surface area contributed by atoms with Gasteiger partial charge in [0.15, 0.2) is 0 Å². The van der Waals surface area contributed by atoms with E-state index in [9.17, 15) is 4.79 Å². The normalized spacial score (nSPS) is 26.9. The monoisotopic (exact) mass is 239 g/mol. The van der Waals surface area contributed by atoms with Crippen molar-refractivity contribution in [1.29, 1.82) is 0 Å². The van der Waals surface area contributed by atoms with Gasteiger partial charge in [-0.15, -0.1) is 0 Å². The Kier molecular flexibility index (Phi) is 4.08. The van der Waals surface area contributed by atoms with Crippen molar-refractivity contribution >= 4 is 5.91 Å². The molecule has 3 nitrogen and oxygen atoms in total. The van der Waals surface area contributed by atoms with Gasteiger partial charge in [-0.25, -0.2) is 0 Å². The van der Waals surface area contributed by atoms with Crippen LogP contribution >= 0.6 is 0 Å². The lowest BCUT2D eigenvalue weighted by Crippen LogP contribution is -2.58. The zero-order valence-electron chi connectivity index (χ0n) is 11.1. The van der Waals surface area contributed by atoms with Crippen molar-refractivity contribution in [3.63, 3.8) is 0 Å². The Balaban J connectivity index is 1.88. The highest BCUT2D eigenvalue weighted by atomic mass is 16.5. The van der Waals surface area contributed by atoms with Gasteiger partial charge in [-0.1, -0.05) is 13.8 Å². The SMILES string of the molecule is CCC(CC)C(=O)NC1CCC12CCOCC2. The van der Waals surface area contributed by atoms with Gasteiger partial charge in [0.25, 0.3) is 0 Å². The van der Waals surface area contributed by atoms with Gasteiger partial charge in [-0.05, 0) is 43.9 Å². The minimum Gasteiger partial charge on any atom is -0.381 e. The molecule has 2 fully saturated rings. The molecule has 1 amide bonds. The van der Waals surface area contributed by atoms with Crippen LogP contribution in [0.1, 0.15) is 52.4 Å². The third-order valence-electron chi connectivity index (χ3n) is 4.83. The van der Waals surface area contributed by atoms with E-state index in [2.05, 4.69) is 19.2 Å². The standard InChI is InChI=1S/C14H25NO2/c1-3-11(4-2)13(16)15-12-5-6-14(12)7-9-17-10-8-14/h11-12H,3-10H2,1-2H3,(H,15,16). The largest absolute Gasteiger partial charge is 0.381 e. The zero-order valence-corrected chi connectivity index (χ0v) is 11.1. The summed E-state index contributed by atoms with van der Waals surface area (Å²) in [5.74, 6) is 0.470. The molecule has 1 spiro atoms. The van der Waals surface area contributed by atoms with E-state index in [0.29, 0.717) is 11.5 Å². The van der Waals surface area contributed by atoms with E-state index in [1.54, 1.807) is 0 Å². The van der Waals surface area contributed by atoms with Gasteiger partial charge < -0.3 is 10.1 Å². The Morgan fingerprint density at radius 3 is 2.41 bits per heavy atom. The van der Waals surface area contributed by atoms with Crippen molar-refractivity contribution in [2.24, 2.45) is 11.3 Å². The minimum atomic E-state index is 0.201. The summed E-state index contributed by atoms with van der Waals surface area (Å²) < 4.78 is 5.43. The van der Waals surface area contributed by atoms with Gasteiger partial charge in [-0.2, -0.15) is 0 Å². The molecule has 1 atom stereocenters. The van der Waals surface area contributed by atoms with Crippen LogP contribution < -0.4 is 5.32 Å². The van der Waals surface area contributed by atoms with Crippen LogP contribution in [0.25, 0.3) is 0 Å². The predicted molar refractivity (Wildman–Crippen MR) is 67.7 cm³/mol. The quantitative estimate of drug-likeness (QED) is 0.818. The highest BCUT2D eigenvalue weighted by Crippen LogP contribution is 2.48. The van der Waals surface area contributed by atoms with E-state index in [1.807, 2.05) is 0 Å². The molecule has 2 rings (SSSR count). The van der Waals surface area contributed by atoms with Gasteiger partial charge in [-0.3, -0.25) is 4.79 Å². The summed E-state index contributed by atoms with van der Waals surface area (Å²) >= 11 is 0. The summed E-state index contributed by atoms with van der Waals surface area (Å²) in [6, 6.07) is 0.416. The summed E-state index contributed by atoms with van der Waals surface area (Å²) in [5.41, 5.74) is 0.375. The maximum Gasteiger partial charge on any atom is 0.223 e. The number of carbonyl (C=O) groups is 1. The van der Waals surface area contributed by atoms with Crippen molar-refractivity contribution in [1.82, 2.24) is 5.32 Å². The predicted octanol–water partition coefficient (Wildman–Crippen LogP) is 2.50. The lowest BCUT2D eigenvalue weighted by molar-refractivity contribution is -0.131. The molecule has 3 heteroatoms. The van der Waals surface area contributed by atoms with E-state index >= 15 is 0 Å². The Morgan fingerprint density at radius 1 is 1.29 bits per heavy atom. The van der Waals surface area contributed by atoms with Crippen LogP contribution in [0.4, 0.5) is 0 Å². The van der Waals surface area contributed by atoms with Gasteiger partial charge in [0.2, 0.25) is 5.91 Å². The molecule has 0 radical (unpaired) electrons. The van der Waals surface area contributed by atoms with E-state index in [4.69, 9.17) is 4.74 Å². The van der Waals surface area contributed by atoms with E-state index in [1.165, 1.54) is 6.42 Å². The molecule has 2 aliphatic rings. The van der Waals surface area contributed by atoms with Crippen LogP contribution in [0.3, 0.4) is 0 Å². The summed E-state index contributed by atoms with van der Waals surface area (Å²) in [4.78, 5) is 12.1. The first-order chi connectivity index (χ1) is 8.22.